The second kappa shape index (κ2) is 7.74. The smallest absolute Gasteiger partial charge is 0.338 e. The minimum atomic E-state index is -3.60. The molecule has 0 aliphatic carbocycles. The Kier molecular flexibility index (Phi) is 6.82. The molecule has 22 heavy (non-hydrogen) atoms. The zero-order valence-electron chi connectivity index (χ0n) is 12.0. The van der Waals surface area contributed by atoms with E-state index in [9.17, 15) is 13.2 Å². The third-order valence-electron chi connectivity index (χ3n) is 3.25. The van der Waals surface area contributed by atoms with Crippen LogP contribution in [0.4, 0.5) is 0 Å². The summed E-state index contributed by atoms with van der Waals surface area (Å²) in [6, 6.07) is 4.19. The molecule has 0 radical (unpaired) electrons. The Bertz CT molecular complexity index is 653. The van der Waals surface area contributed by atoms with Crippen LogP contribution < -0.4 is 5.73 Å². The van der Waals surface area contributed by atoms with Gasteiger partial charge in [-0.3, -0.25) is 0 Å². The second-order valence-corrected chi connectivity index (χ2v) is 7.54. The molecule has 1 aliphatic rings. The number of esters is 1. The molecule has 1 saturated heterocycles. The number of rotatable bonds is 4. The molecule has 1 aromatic carbocycles. The summed E-state index contributed by atoms with van der Waals surface area (Å²) in [5, 5.41) is 0. The Morgan fingerprint density at radius 3 is 2.68 bits per heavy atom. The number of carbonyl (C=O) groups excluding carboxylic acids is 1. The van der Waals surface area contributed by atoms with Gasteiger partial charge in [0, 0.05) is 23.6 Å². The van der Waals surface area contributed by atoms with Gasteiger partial charge in [0.2, 0.25) is 10.0 Å². The lowest BCUT2D eigenvalue weighted by atomic mass is 10.2. The number of ether oxygens (including phenoxy) is 1. The molecule has 2 rings (SSSR count). The first-order valence-corrected chi connectivity index (χ1v) is 8.82. The van der Waals surface area contributed by atoms with Gasteiger partial charge in [-0.05, 0) is 47.5 Å². The minimum Gasteiger partial charge on any atom is -0.462 e. The van der Waals surface area contributed by atoms with E-state index < -0.39 is 16.0 Å². The van der Waals surface area contributed by atoms with Gasteiger partial charge in [0.15, 0.2) is 0 Å². The SMILES string of the molecule is CCOC(=O)c1ccc(S(=O)(=O)N2CC[C@@H](N)C2)c(Br)c1.Cl. The Morgan fingerprint density at radius 1 is 1.50 bits per heavy atom. The average Bonchev–Trinajstić information content (AvgIpc) is 2.86. The summed E-state index contributed by atoms with van der Waals surface area (Å²) in [7, 11) is -3.60. The number of carbonyl (C=O) groups is 1. The second-order valence-electron chi connectivity index (χ2n) is 4.78. The predicted molar refractivity (Wildman–Crippen MR) is 88.7 cm³/mol. The Hall–Kier alpha value is -0.670. The van der Waals surface area contributed by atoms with Crippen LogP contribution in [0.1, 0.15) is 23.7 Å². The monoisotopic (exact) mass is 412 g/mol. The molecule has 0 spiro atoms. The molecular formula is C13H18BrClN2O4S. The molecule has 9 heteroatoms. The van der Waals surface area contributed by atoms with Crippen molar-refractivity contribution in [2.45, 2.75) is 24.3 Å². The number of nitrogens with zero attached hydrogens (tertiary/aromatic N) is 1. The molecule has 0 amide bonds. The van der Waals surface area contributed by atoms with Crippen molar-refractivity contribution in [1.82, 2.24) is 4.31 Å². The van der Waals surface area contributed by atoms with E-state index in [4.69, 9.17) is 10.5 Å². The maximum absolute atomic E-state index is 12.5. The molecule has 124 valence electrons. The number of hydrogen-bond acceptors (Lipinski definition) is 5. The summed E-state index contributed by atoms with van der Waals surface area (Å²) in [6.45, 7) is 2.70. The Labute approximate surface area is 144 Å². The standard InChI is InChI=1S/C13H17BrN2O4S.ClH/c1-2-20-13(17)9-3-4-12(11(14)7-9)21(18,19)16-6-5-10(15)8-16;/h3-4,7,10H,2,5-6,8,15H2,1H3;1H/t10-;/m1./s1. The zero-order valence-corrected chi connectivity index (χ0v) is 15.2. The molecule has 1 aromatic rings. The lowest BCUT2D eigenvalue weighted by Crippen LogP contribution is -2.32. The molecule has 2 N–H and O–H groups in total. The van der Waals surface area contributed by atoms with E-state index >= 15 is 0 Å². The molecule has 0 bridgehead atoms. The van der Waals surface area contributed by atoms with Crippen molar-refractivity contribution in [2.75, 3.05) is 19.7 Å². The van der Waals surface area contributed by atoms with Crippen molar-refractivity contribution < 1.29 is 17.9 Å². The largest absolute Gasteiger partial charge is 0.462 e. The van der Waals surface area contributed by atoms with E-state index in [-0.39, 0.29) is 30.0 Å². The van der Waals surface area contributed by atoms with Crippen LogP contribution in [0.3, 0.4) is 0 Å². The average molecular weight is 414 g/mol. The summed E-state index contributed by atoms with van der Waals surface area (Å²) in [4.78, 5) is 11.8. The van der Waals surface area contributed by atoms with Crippen molar-refractivity contribution in [3.63, 3.8) is 0 Å². The normalized spacial score (nSPS) is 18.8. The quantitative estimate of drug-likeness (QED) is 0.760. The molecule has 1 aliphatic heterocycles. The van der Waals surface area contributed by atoms with E-state index in [1.54, 1.807) is 6.92 Å². The van der Waals surface area contributed by atoms with E-state index in [0.29, 0.717) is 29.5 Å². The van der Waals surface area contributed by atoms with Crippen LogP contribution in [0.5, 0.6) is 0 Å². The number of hydrogen-bond donors (Lipinski definition) is 1. The third-order valence-corrected chi connectivity index (χ3v) is 6.09. The van der Waals surface area contributed by atoms with Gasteiger partial charge in [-0.15, -0.1) is 12.4 Å². The van der Waals surface area contributed by atoms with Crippen molar-refractivity contribution in [1.29, 1.82) is 0 Å². The van der Waals surface area contributed by atoms with Gasteiger partial charge in [0.1, 0.15) is 0 Å². The van der Waals surface area contributed by atoms with Crippen LogP contribution in [0.15, 0.2) is 27.6 Å². The van der Waals surface area contributed by atoms with Crippen LogP contribution in [-0.4, -0.2) is 44.4 Å². The molecule has 0 saturated carbocycles. The lowest BCUT2D eigenvalue weighted by molar-refractivity contribution is 0.0526. The molecule has 0 aromatic heterocycles. The van der Waals surface area contributed by atoms with Gasteiger partial charge >= 0.3 is 5.97 Å². The lowest BCUT2D eigenvalue weighted by Gasteiger charge is -2.17. The zero-order chi connectivity index (χ0) is 15.6. The van der Waals surface area contributed by atoms with E-state index in [2.05, 4.69) is 15.9 Å². The third kappa shape index (κ3) is 3.99. The molecule has 1 atom stereocenters. The van der Waals surface area contributed by atoms with E-state index in [1.165, 1.54) is 22.5 Å². The number of sulfonamides is 1. The number of benzene rings is 1. The summed E-state index contributed by atoms with van der Waals surface area (Å²) < 4.78 is 31.7. The van der Waals surface area contributed by atoms with Crippen LogP contribution in [0, 0.1) is 0 Å². The van der Waals surface area contributed by atoms with Crippen LogP contribution in [0.2, 0.25) is 0 Å². The van der Waals surface area contributed by atoms with Crippen LogP contribution in [-0.2, 0) is 14.8 Å². The summed E-state index contributed by atoms with van der Waals surface area (Å²) >= 11 is 3.22. The first kappa shape index (κ1) is 19.4. The van der Waals surface area contributed by atoms with E-state index in [0.717, 1.165) is 0 Å². The highest BCUT2D eigenvalue weighted by Crippen LogP contribution is 2.28. The number of nitrogens with two attached hydrogens (primary N) is 1. The fourth-order valence-corrected chi connectivity index (χ4v) is 4.71. The van der Waals surface area contributed by atoms with Gasteiger partial charge in [0.25, 0.3) is 0 Å². The van der Waals surface area contributed by atoms with Gasteiger partial charge in [0.05, 0.1) is 17.1 Å². The highest BCUT2D eigenvalue weighted by atomic mass is 79.9. The van der Waals surface area contributed by atoms with Crippen molar-refractivity contribution in [3.8, 4) is 0 Å². The van der Waals surface area contributed by atoms with Gasteiger partial charge in [-0.25, -0.2) is 13.2 Å². The molecular weight excluding hydrogens is 396 g/mol. The highest BCUT2D eigenvalue weighted by molar-refractivity contribution is 9.10. The first-order valence-electron chi connectivity index (χ1n) is 6.58. The number of halogens is 2. The fourth-order valence-electron chi connectivity index (χ4n) is 2.16. The van der Waals surface area contributed by atoms with Gasteiger partial charge < -0.3 is 10.5 Å². The summed E-state index contributed by atoms with van der Waals surface area (Å²) in [5.74, 6) is -0.481. The Balaban J connectivity index is 0.00000242. The van der Waals surface area contributed by atoms with E-state index in [1.807, 2.05) is 0 Å². The molecule has 0 unspecified atom stereocenters. The van der Waals surface area contributed by atoms with Crippen molar-refractivity contribution in [3.05, 3.63) is 28.2 Å². The first-order chi connectivity index (χ1) is 9.86. The van der Waals surface area contributed by atoms with Crippen LogP contribution >= 0.6 is 28.3 Å². The molecule has 6 nitrogen and oxygen atoms in total. The van der Waals surface area contributed by atoms with Gasteiger partial charge in [-0.1, -0.05) is 0 Å². The van der Waals surface area contributed by atoms with Crippen molar-refractivity contribution >= 4 is 44.3 Å². The predicted octanol–water partition coefficient (Wildman–Crippen LogP) is 1.77. The fraction of sp³-hybridized carbons (Fsp3) is 0.462. The minimum absolute atomic E-state index is 0. The van der Waals surface area contributed by atoms with Gasteiger partial charge in [-0.2, -0.15) is 4.31 Å². The molecule has 1 fully saturated rings. The summed E-state index contributed by atoms with van der Waals surface area (Å²) in [6.07, 6.45) is 0.651. The topological polar surface area (TPSA) is 89.7 Å². The Morgan fingerprint density at radius 2 is 2.18 bits per heavy atom. The van der Waals surface area contributed by atoms with Crippen LogP contribution in [0.25, 0.3) is 0 Å². The highest BCUT2D eigenvalue weighted by Gasteiger charge is 2.32. The summed E-state index contributed by atoms with van der Waals surface area (Å²) in [5.41, 5.74) is 6.06. The molecule has 1 heterocycles. The van der Waals surface area contributed by atoms with Crippen molar-refractivity contribution in [2.24, 2.45) is 5.73 Å². The maximum Gasteiger partial charge on any atom is 0.338 e. The maximum atomic E-state index is 12.5.